The Morgan fingerprint density at radius 2 is 1.90 bits per heavy atom. The summed E-state index contributed by atoms with van der Waals surface area (Å²) in [5, 5.41) is 9.88. The van der Waals surface area contributed by atoms with Crippen LogP contribution in [-0.4, -0.2) is 53.6 Å². The summed E-state index contributed by atoms with van der Waals surface area (Å²) >= 11 is 12.0. The van der Waals surface area contributed by atoms with Gasteiger partial charge in [0.15, 0.2) is 0 Å². The number of halogens is 2. The number of rotatable bonds is 5. The van der Waals surface area contributed by atoms with Crippen molar-refractivity contribution in [2.24, 2.45) is 0 Å². The molecule has 0 spiro atoms. The maximum atomic E-state index is 10.6. The van der Waals surface area contributed by atoms with Gasteiger partial charge >= 0.3 is 5.97 Å². The first-order valence-electron chi connectivity index (χ1n) is 7.10. The van der Waals surface area contributed by atoms with Crippen molar-refractivity contribution in [2.75, 3.05) is 32.7 Å². The highest BCUT2D eigenvalue weighted by Gasteiger charge is 2.22. The molecular formula is C15H20Cl2N2O2. The van der Waals surface area contributed by atoms with Gasteiger partial charge in [0.05, 0.1) is 16.5 Å². The molecule has 6 heteroatoms. The minimum atomic E-state index is -0.735. The van der Waals surface area contributed by atoms with Crippen molar-refractivity contribution < 1.29 is 9.90 Å². The summed E-state index contributed by atoms with van der Waals surface area (Å²) in [6, 6.07) is 6.04. The standard InChI is InChI=1S/C15H20Cl2N2O2/c1-11(12-2-3-13(16)14(17)10-12)19-8-6-18(7-9-19)5-4-15(20)21/h2-3,10-11H,4-9H2,1H3,(H,20,21). The van der Waals surface area contributed by atoms with E-state index in [9.17, 15) is 4.79 Å². The number of hydrogen-bond donors (Lipinski definition) is 1. The van der Waals surface area contributed by atoms with Crippen molar-refractivity contribution in [3.8, 4) is 0 Å². The molecule has 1 heterocycles. The minimum Gasteiger partial charge on any atom is -0.481 e. The number of aliphatic carboxylic acids is 1. The number of benzene rings is 1. The molecule has 0 aromatic heterocycles. The van der Waals surface area contributed by atoms with E-state index in [2.05, 4.69) is 16.7 Å². The molecule has 1 fully saturated rings. The molecular weight excluding hydrogens is 311 g/mol. The maximum absolute atomic E-state index is 10.6. The van der Waals surface area contributed by atoms with Crippen LogP contribution >= 0.6 is 23.2 Å². The summed E-state index contributed by atoms with van der Waals surface area (Å²) in [6.45, 7) is 6.46. The van der Waals surface area contributed by atoms with Crippen LogP contribution in [0, 0.1) is 0 Å². The Balaban J connectivity index is 1.89. The number of nitrogens with zero attached hydrogens (tertiary/aromatic N) is 2. The van der Waals surface area contributed by atoms with E-state index >= 15 is 0 Å². The van der Waals surface area contributed by atoms with Crippen molar-refractivity contribution in [2.45, 2.75) is 19.4 Å². The van der Waals surface area contributed by atoms with E-state index in [0.29, 0.717) is 16.6 Å². The Labute approximate surface area is 135 Å². The van der Waals surface area contributed by atoms with Crippen molar-refractivity contribution in [3.63, 3.8) is 0 Å². The number of carbonyl (C=O) groups is 1. The zero-order valence-corrected chi connectivity index (χ0v) is 13.6. The van der Waals surface area contributed by atoms with Crippen LogP contribution in [0.1, 0.15) is 24.9 Å². The van der Waals surface area contributed by atoms with E-state index < -0.39 is 5.97 Å². The lowest BCUT2D eigenvalue weighted by Gasteiger charge is -2.38. The molecule has 0 radical (unpaired) electrons. The number of carboxylic acid groups (broad SMARTS) is 1. The predicted octanol–water partition coefficient (Wildman–Crippen LogP) is 3.15. The zero-order valence-electron chi connectivity index (χ0n) is 12.1. The lowest BCUT2D eigenvalue weighted by atomic mass is 10.1. The van der Waals surface area contributed by atoms with E-state index in [1.165, 1.54) is 0 Å². The molecule has 0 amide bonds. The Kier molecular flexibility index (Phi) is 5.88. The van der Waals surface area contributed by atoms with Crippen molar-refractivity contribution in [3.05, 3.63) is 33.8 Å². The van der Waals surface area contributed by atoms with E-state index in [1.807, 2.05) is 18.2 Å². The lowest BCUT2D eigenvalue weighted by Crippen LogP contribution is -2.47. The van der Waals surface area contributed by atoms with Gasteiger partial charge in [-0.15, -0.1) is 0 Å². The van der Waals surface area contributed by atoms with E-state index in [1.54, 1.807) is 0 Å². The molecule has 0 saturated carbocycles. The monoisotopic (exact) mass is 330 g/mol. The first-order chi connectivity index (χ1) is 9.97. The molecule has 1 aromatic carbocycles. The highest BCUT2D eigenvalue weighted by Crippen LogP contribution is 2.28. The van der Waals surface area contributed by atoms with Crippen LogP contribution < -0.4 is 0 Å². The number of carboxylic acids is 1. The van der Waals surface area contributed by atoms with Gasteiger partial charge < -0.3 is 10.0 Å². The van der Waals surface area contributed by atoms with Gasteiger partial charge in [0, 0.05) is 38.8 Å². The summed E-state index contributed by atoms with van der Waals surface area (Å²) < 4.78 is 0. The second-order valence-corrected chi connectivity index (χ2v) is 6.19. The summed E-state index contributed by atoms with van der Waals surface area (Å²) in [7, 11) is 0. The third-order valence-corrected chi connectivity index (χ3v) is 4.76. The average Bonchev–Trinajstić information content (AvgIpc) is 2.48. The van der Waals surface area contributed by atoms with Gasteiger partial charge in [-0.3, -0.25) is 9.69 Å². The molecule has 0 bridgehead atoms. The highest BCUT2D eigenvalue weighted by molar-refractivity contribution is 6.42. The molecule has 0 aliphatic carbocycles. The SMILES string of the molecule is CC(c1ccc(Cl)c(Cl)c1)N1CCN(CCC(=O)O)CC1. The molecule has 21 heavy (non-hydrogen) atoms. The summed E-state index contributed by atoms with van der Waals surface area (Å²) in [4.78, 5) is 15.2. The van der Waals surface area contributed by atoms with Crippen LogP contribution in [0.3, 0.4) is 0 Å². The van der Waals surface area contributed by atoms with Gasteiger partial charge in [0.1, 0.15) is 0 Å². The number of piperazine rings is 1. The molecule has 1 N–H and O–H groups in total. The van der Waals surface area contributed by atoms with Crippen LogP contribution in [0.15, 0.2) is 18.2 Å². The van der Waals surface area contributed by atoms with Gasteiger partial charge in [0.25, 0.3) is 0 Å². The normalized spacial score (nSPS) is 18.6. The average molecular weight is 331 g/mol. The van der Waals surface area contributed by atoms with Crippen LogP contribution in [0.4, 0.5) is 0 Å². The van der Waals surface area contributed by atoms with Crippen molar-refractivity contribution in [1.29, 1.82) is 0 Å². The van der Waals surface area contributed by atoms with Crippen LogP contribution in [-0.2, 0) is 4.79 Å². The Hall–Kier alpha value is -0.810. The van der Waals surface area contributed by atoms with Crippen molar-refractivity contribution >= 4 is 29.2 Å². The van der Waals surface area contributed by atoms with Crippen LogP contribution in [0.2, 0.25) is 10.0 Å². The van der Waals surface area contributed by atoms with Crippen molar-refractivity contribution in [1.82, 2.24) is 9.80 Å². The topological polar surface area (TPSA) is 43.8 Å². The van der Waals surface area contributed by atoms with Gasteiger partial charge in [-0.1, -0.05) is 29.3 Å². The highest BCUT2D eigenvalue weighted by atomic mass is 35.5. The fourth-order valence-electron chi connectivity index (χ4n) is 2.61. The molecule has 116 valence electrons. The molecule has 4 nitrogen and oxygen atoms in total. The number of hydrogen-bond acceptors (Lipinski definition) is 3. The Morgan fingerprint density at radius 3 is 2.48 bits per heavy atom. The molecule has 1 aromatic rings. The first-order valence-corrected chi connectivity index (χ1v) is 7.86. The fourth-order valence-corrected chi connectivity index (χ4v) is 2.92. The maximum Gasteiger partial charge on any atom is 0.304 e. The second kappa shape index (κ2) is 7.45. The molecule has 2 rings (SSSR count). The Morgan fingerprint density at radius 1 is 1.24 bits per heavy atom. The third-order valence-electron chi connectivity index (χ3n) is 4.02. The van der Waals surface area contributed by atoms with E-state index in [-0.39, 0.29) is 12.5 Å². The lowest BCUT2D eigenvalue weighted by molar-refractivity contribution is -0.137. The molecule has 1 unspecified atom stereocenters. The largest absolute Gasteiger partial charge is 0.481 e. The molecule has 1 aliphatic heterocycles. The van der Waals surface area contributed by atoms with Gasteiger partial charge in [0.2, 0.25) is 0 Å². The van der Waals surface area contributed by atoms with E-state index in [0.717, 1.165) is 31.7 Å². The zero-order chi connectivity index (χ0) is 15.4. The minimum absolute atomic E-state index is 0.211. The summed E-state index contributed by atoms with van der Waals surface area (Å²) in [5.41, 5.74) is 1.16. The summed E-state index contributed by atoms with van der Waals surface area (Å²) in [5.74, 6) is -0.735. The van der Waals surface area contributed by atoms with Gasteiger partial charge in [-0.2, -0.15) is 0 Å². The molecule has 1 aliphatic rings. The quantitative estimate of drug-likeness (QED) is 0.900. The van der Waals surface area contributed by atoms with Crippen LogP contribution in [0.25, 0.3) is 0 Å². The second-order valence-electron chi connectivity index (χ2n) is 5.37. The molecule has 1 atom stereocenters. The smallest absolute Gasteiger partial charge is 0.304 e. The third kappa shape index (κ3) is 4.58. The first kappa shape index (κ1) is 16.6. The van der Waals surface area contributed by atoms with Gasteiger partial charge in [-0.25, -0.2) is 0 Å². The Bertz CT molecular complexity index is 502. The fraction of sp³-hybridized carbons (Fsp3) is 0.533. The predicted molar refractivity (Wildman–Crippen MR) is 85.1 cm³/mol. The molecule has 1 saturated heterocycles. The summed E-state index contributed by atoms with van der Waals surface area (Å²) in [6.07, 6.45) is 0.211. The van der Waals surface area contributed by atoms with Crippen LogP contribution in [0.5, 0.6) is 0 Å². The van der Waals surface area contributed by atoms with Gasteiger partial charge in [-0.05, 0) is 24.6 Å². The van der Waals surface area contributed by atoms with E-state index in [4.69, 9.17) is 28.3 Å².